The van der Waals surface area contributed by atoms with Gasteiger partial charge in [0, 0.05) is 6.54 Å². The monoisotopic (exact) mass is 215 g/mol. The van der Waals surface area contributed by atoms with Gasteiger partial charge in [-0.2, -0.15) is 0 Å². The molecule has 0 saturated carbocycles. The first-order valence-electron chi connectivity index (χ1n) is 5.71. The fourth-order valence-corrected chi connectivity index (χ4v) is 1.72. The average Bonchev–Trinajstić information content (AvgIpc) is 2.59. The van der Waals surface area contributed by atoms with Crippen LogP contribution in [0.2, 0.25) is 0 Å². The molecule has 0 bridgehead atoms. The zero-order valence-corrected chi connectivity index (χ0v) is 9.53. The van der Waals surface area contributed by atoms with Crippen LogP contribution in [0.1, 0.15) is 39.5 Å². The molecule has 1 amide bonds. The lowest BCUT2D eigenvalue weighted by Gasteiger charge is -2.11. The normalized spacial score (nSPS) is 27.7. The molecule has 3 atom stereocenters. The summed E-state index contributed by atoms with van der Waals surface area (Å²) in [6, 6.07) is 0. The molecule has 0 aliphatic carbocycles. The van der Waals surface area contributed by atoms with Crippen LogP contribution in [0, 0.1) is 0 Å². The Bertz CT molecular complexity index is 206. The number of aliphatic hydroxyl groups is 1. The first-order valence-corrected chi connectivity index (χ1v) is 5.71. The third-order valence-electron chi connectivity index (χ3n) is 2.62. The summed E-state index contributed by atoms with van der Waals surface area (Å²) >= 11 is 0. The van der Waals surface area contributed by atoms with Gasteiger partial charge in [0.25, 0.3) is 0 Å². The molecule has 0 aromatic rings. The molecule has 0 aromatic carbocycles. The fraction of sp³-hybridized carbons (Fsp3) is 0.909. The number of nitrogens with one attached hydrogen (secondary N) is 1. The number of hydrogen-bond donors (Lipinski definition) is 2. The summed E-state index contributed by atoms with van der Waals surface area (Å²) in [6.45, 7) is 4.36. The standard InChI is InChI=1S/C11H21NO3/c1-8(13)4-3-7-12-11(14)10-6-5-9(2)15-10/h8-10,13H,3-7H2,1-2H3,(H,12,14). The minimum absolute atomic E-state index is 0.00931. The van der Waals surface area contributed by atoms with Gasteiger partial charge in [-0.05, 0) is 39.5 Å². The lowest BCUT2D eigenvalue weighted by molar-refractivity contribution is -0.131. The van der Waals surface area contributed by atoms with Crippen molar-refractivity contribution < 1.29 is 14.6 Å². The second-order valence-corrected chi connectivity index (χ2v) is 4.29. The Morgan fingerprint density at radius 1 is 1.60 bits per heavy atom. The van der Waals surface area contributed by atoms with E-state index in [4.69, 9.17) is 9.84 Å². The van der Waals surface area contributed by atoms with Gasteiger partial charge >= 0.3 is 0 Å². The van der Waals surface area contributed by atoms with Crippen LogP contribution in [0.25, 0.3) is 0 Å². The van der Waals surface area contributed by atoms with E-state index in [0.717, 1.165) is 25.7 Å². The molecule has 15 heavy (non-hydrogen) atoms. The van der Waals surface area contributed by atoms with E-state index < -0.39 is 0 Å². The number of rotatable bonds is 5. The largest absolute Gasteiger partial charge is 0.393 e. The van der Waals surface area contributed by atoms with Crippen LogP contribution in [0.15, 0.2) is 0 Å². The maximum absolute atomic E-state index is 11.5. The Balaban J connectivity index is 2.08. The second-order valence-electron chi connectivity index (χ2n) is 4.29. The molecule has 1 aliphatic rings. The van der Waals surface area contributed by atoms with Crippen molar-refractivity contribution >= 4 is 5.91 Å². The van der Waals surface area contributed by atoms with Crippen LogP contribution < -0.4 is 5.32 Å². The van der Waals surface area contributed by atoms with Crippen LogP contribution in [-0.2, 0) is 9.53 Å². The van der Waals surface area contributed by atoms with Crippen molar-refractivity contribution in [1.29, 1.82) is 0 Å². The minimum Gasteiger partial charge on any atom is -0.393 e. The van der Waals surface area contributed by atoms with Gasteiger partial charge in [-0.3, -0.25) is 4.79 Å². The molecule has 88 valence electrons. The lowest BCUT2D eigenvalue weighted by Crippen LogP contribution is -2.35. The highest BCUT2D eigenvalue weighted by Gasteiger charge is 2.27. The van der Waals surface area contributed by atoms with Gasteiger partial charge in [-0.15, -0.1) is 0 Å². The summed E-state index contributed by atoms with van der Waals surface area (Å²) in [6.07, 6.45) is 2.98. The summed E-state index contributed by atoms with van der Waals surface area (Å²) < 4.78 is 5.44. The molecule has 4 heteroatoms. The molecule has 0 spiro atoms. The van der Waals surface area contributed by atoms with Gasteiger partial charge in [0.2, 0.25) is 5.91 Å². The van der Waals surface area contributed by atoms with Crippen LogP contribution in [0.4, 0.5) is 0 Å². The van der Waals surface area contributed by atoms with Crippen molar-refractivity contribution in [2.75, 3.05) is 6.54 Å². The van der Waals surface area contributed by atoms with Crippen molar-refractivity contribution in [1.82, 2.24) is 5.32 Å². The van der Waals surface area contributed by atoms with E-state index in [-0.39, 0.29) is 24.2 Å². The molecule has 1 fully saturated rings. The van der Waals surface area contributed by atoms with Crippen LogP contribution >= 0.6 is 0 Å². The number of hydrogen-bond acceptors (Lipinski definition) is 3. The Hall–Kier alpha value is -0.610. The third kappa shape index (κ3) is 4.62. The average molecular weight is 215 g/mol. The Kier molecular flexibility index (Phi) is 5.05. The number of carbonyl (C=O) groups is 1. The zero-order chi connectivity index (χ0) is 11.3. The van der Waals surface area contributed by atoms with Gasteiger partial charge in [0.1, 0.15) is 6.10 Å². The SMILES string of the molecule is CC(O)CCCNC(=O)C1CCC(C)O1. The molecule has 1 saturated heterocycles. The molecular formula is C11H21NO3. The van der Waals surface area contributed by atoms with Gasteiger partial charge in [-0.25, -0.2) is 0 Å². The van der Waals surface area contributed by atoms with Gasteiger partial charge in [0.15, 0.2) is 0 Å². The Labute approximate surface area is 91.0 Å². The fourth-order valence-electron chi connectivity index (χ4n) is 1.72. The van der Waals surface area contributed by atoms with E-state index in [1.807, 2.05) is 6.92 Å². The molecule has 1 heterocycles. The third-order valence-corrected chi connectivity index (χ3v) is 2.62. The van der Waals surface area contributed by atoms with E-state index in [2.05, 4.69) is 5.32 Å². The lowest BCUT2D eigenvalue weighted by atomic mass is 10.2. The molecule has 0 radical (unpaired) electrons. The molecule has 1 aliphatic heterocycles. The zero-order valence-electron chi connectivity index (χ0n) is 9.53. The van der Waals surface area contributed by atoms with E-state index in [0.29, 0.717) is 6.54 Å². The van der Waals surface area contributed by atoms with Gasteiger partial charge in [0.05, 0.1) is 12.2 Å². The van der Waals surface area contributed by atoms with E-state index in [9.17, 15) is 4.79 Å². The topological polar surface area (TPSA) is 58.6 Å². The summed E-state index contributed by atoms with van der Waals surface area (Å²) in [4.78, 5) is 11.5. The highest BCUT2D eigenvalue weighted by atomic mass is 16.5. The number of ether oxygens (including phenoxy) is 1. The molecule has 1 rings (SSSR count). The maximum atomic E-state index is 11.5. The quantitative estimate of drug-likeness (QED) is 0.668. The summed E-state index contributed by atoms with van der Waals surface area (Å²) in [5.41, 5.74) is 0. The van der Waals surface area contributed by atoms with E-state index >= 15 is 0 Å². The highest BCUT2D eigenvalue weighted by Crippen LogP contribution is 2.18. The summed E-state index contributed by atoms with van der Waals surface area (Å²) in [5, 5.41) is 11.9. The smallest absolute Gasteiger partial charge is 0.249 e. The first kappa shape index (κ1) is 12.5. The molecule has 4 nitrogen and oxygen atoms in total. The molecule has 2 N–H and O–H groups in total. The van der Waals surface area contributed by atoms with E-state index in [1.165, 1.54) is 0 Å². The van der Waals surface area contributed by atoms with Gasteiger partial charge < -0.3 is 15.2 Å². The number of amides is 1. The number of aliphatic hydroxyl groups excluding tert-OH is 1. The number of carbonyl (C=O) groups excluding carboxylic acids is 1. The second kappa shape index (κ2) is 6.08. The van der Waals surface area contributed by atoms with Crippen molar-refractivity contribution in [3.63, 3.8) is 0 Å². The predicted molar refractivity (Wildman–Crippen MR) is 57.5 cm³/mol. The summed E-state index contributed by atoms with van der Waals surface area (Å²) in [5.74, 6) is -0.00931. The van der Waals surface area contributed by atoms with Crippen molar-refractivity contribution in [3.8, 4) is 0 Å². The maximum Gasteiger partial charge on any atom is 0.249 e. The van der Waals surface area contributed by atoms with Crippen LogP contribution in [0.5, 0.6) is 0 Å². The Morgan fingerprint density at radius 3 is 2.87 bits per heavy atom. The van der Waals surface area contributed by atoms with Crippen molar-refractivity contribution in [3.05, 3.63) is 0 Å². The molecular weight excluding hydrogens is 194 g/mol. The van der Waals surface area contributed by atoms with Crippen LogP contribution in [-0.4, -0.2) is 35.9 Å². The Morgan fingerprint density at radius 2 is 2.33 bits per heavy atom. The minimum atomic E-state index is -0.287. The first-order chi connectivity index (χ1) is 7.09. The molecule has 3 unspecified atom stereocenters. The predicted octanol–water partition coefficient (Wildman–Crippen LogP) is 0.831. The van der Waals surface area contributed by atoms with E-state index in [1.54, 1.807) is 6.92 Å². The van der Waals surface area contributed by atoms with Crippen LogP contribution in [0.3, 0.4) is 0 Å². The van der Waals surface area contributed by atoms with Crippen molar-refractivity contribution in [2.24, 2.45) is 0 Å². The summed E-state index contributed by atoms with van der Waals surface area (Å²) in [7, 11) is 0. The van der Waals surface area contributed by atoms with Gasteiger partial charge in [-0.1, -0.05) is 0 Å². The molecule has 0 aromatic heterocycles. The highest BCUT2D eigenvalue weighted by molar-refractivity contribution is 5.80. The van der Waals surface area contributed by atoms with Crippen molar-refractivity contribution in [2.45, 2.75) is 57.8 Å².